The van der Waals surface area contributed by atoms with Crippen LogP contribution in [0.25, 0.3) is 11.0 Å². The van der Waals surface area contributed by atoms with Gasteiger partial charge in [0, 0.05) is 19.4 Å². The van der Waals surface area contributed by atoms with E-state index in [0.717, 1.165) is 17.5 Å². The van der Waals surface area contributed by atoms with Gasteiger partial charge in [-0.15, -0.1) is 0 Å². The van der Waals surface area contributed by atoms with E-state index in [9.17, 15) is 9.59 Å². The molecule has 2 heterocycles. The molecule has 2 aromatic carbocycles. The van der Waals surface area contributed by atoms with Gasteiger partial charge in [0.15, 0.2) is 0 Å². The van der Waals surface area contributed by atoms with Crippen LogP contribution in [-0.2, 0) is 22.4 Å². The van der Waals surface area contributed by atoms with Crippen molar-refractivity contribution in [2.24, 2.45) is 0 Å². The molecule has 4 rings (SSSR count). The normalized spacial score (nSPS) is 16.1. The lowest BCUT2D eigenvalue weighted by Crippen LogP contribution is -2.32. The Morgan fingerprint density at radius 2 is 2.00 bits per heavy atom. The summed E-state index contributed by atoms with van der Waals surface area (Å²) in [6, 6.07) is 15.5. The van der Waals surface area contributed by atoms with Gasteiger partial charge in [-0.25, -0.2) is 4.98 Å². The summed E-state index contributed by atoms with van der Waals surface area (Å²) in [4.78, 5) is 31.5. The maximum absolute atomic E-state index is 12.2. The van der Waals surface area contributed by atoms with Gasteiger partial charge in [0.25, 0.3) is 5.56 Å². The van der Waals surface area contributed by atoms with Crippen LogP contribution in [0.3, 0.4) is 0 Å². The van der Waals surface area contributed by atoms with Crippen molar-refractivity contribution in [2.75, 3.05) is 13.2 Å². The number of carbonyl (C=O) groups is 1. The number of aromatic amines is 1. The Hall–Kier alpha value is -2.99. The molecule has 1 atom stereocenters. The van der Waals surface area contributed by atoms with Crippen LogP contribution in [0, 0.1) is 0 Å². The van der Waals surface area contributed by atoms with Crippen molar-refractivity contribution in [2.45, 2.75) is 25.4 Å². The fourth-order valence-corrected chi connectivity index (χ4v) is 3.41. The Bertz CT molecular complexity index is 1030. The molecule has 138 valence electrons. The van der Waals surface area contributed by atoms with Gasteiger partial charge in [-0.1, -0.05) is 36.4 Å². The SMILES string of the molecule is O=C(CCc1nc2ccccc2[nH]c1=O)NC[C@H]1OCCc2ccccc21. The third kappa shape index (κ3) is 3.90. The van der Waals surface area contributed by atoms with E-state index in [1.807, 2.05) is 42.5 Å². The predicted molar refractivity (Wildman–Crippen MR) is 103 cm³/mol. The summed E-state index contributed by atoms with van der Waals surface area (Å²) >= 11 is 0. The van der Waals surface area contributed by atoms with E-state index >= 15 is 0 Å². The minimum absolute atomic E-state index is 0.115. The number of ether oxygens (including phenoxy) is 1. The number of H-pyrrole nitrogens is 1. The fourth-order valence-electron chi connectivity index (χ4n) is 3.41. The number of aromatic nitrogens is 2. The monoisotopic (exact) mass is 363 g/mol. The van der Waals surface area contributed by atoms with Crippen LogP contribution in [0.4, 0.5) is 0 Å². The third-order valence-electron chi connectivity index (χ3n) is 4.84. The van der Waals surface area contributed by atoms with Crippen LogP contribution in [-0.4, -0.2) is 29.0 Å². The number of rotatable bonds is 5. The van der Waals surface area contributed by atoms with Crippen LogP contribution in [0.1, 0.15) is 29.3 Å². The summed E-state index contributed by atoms with van der Waals surface area (Å²) < 4.78 is 5.80. The average molecular weight is 363 g/mol. The topological polar surface area (TPSA) is 84.1 Å². The molecule has 0 aliphatic carbocycles. The summed E-state index contributed by atoms with van der Waals surface area (Å²) in [5.74, 6) is -0.115. The number of nitrogens with zero attached hydrogens (tertiary/aromatic N) is 1. The highest BCUT2D eigenvalue weighted by molar-refractivity contribution is 5.76. The molecule has 1 aliphatic rings. The number of para-hydroxylation sites is 2. The van der Waals surface area contributed by atoms with Gasteiger partial charge < -0.3 is 15.0 Å². The zero-order valence-corrected chi connectivity index (χ0v) is 14.9. The molecule has 27 heavy (non-hydrogen) atoms. The molecule has 0 unspecified atom stereocenters. The maximum atomic E-state index is 12.2. The molecule has 0 fully saturated rings. The van der Waals surface area contributed by atoms with Crippen molar-refractivity contribution in [3.8, 4) is 0 Å². The zero-order valence-electron chi connectivity index (χ0n) is 14.9. The fraction of sp³-hybridized carbons (Fsp3) is 0.286. The molecule has 1 amide bonds. The molecule has 0 radical (unpaired) electrons. The molecule has 0 spiro atoms. The minimum atomic E-state index is -0.244. The van der Waals surface area contributed by atoms with Crippen molar-refractivity contribution >= 4 is 16.9 Å². The van der Waals surface area contributed by atoms with Crippen molar-refractivity contribution in [3.05, 3.63) is 75.7 Å². The van der Waals surface area contributed by atoms with Crippen LogP contribution < -0.4 is 10.9 Å². The lowest BCUT2D eigenvalue weighted by Gasteiger charge is -2.26. The van der Waals surface area contributed by atoms with Crippen molar-refractivity contribution in [3.63, 3.8) is 0 Å². The minimum Gasteiger partial charge on any atom is -0.371 e. The molecule has 2 N–H and O–H groups in total. The zero-order chi connectivity index (χ0) is 18.6. The Balaban J connectivity index is 1.36. The van der Waals surface area contributed by atoms with E-state index in [4.69, 9.17) is 4.74 Å². The molecule has 0 bridgehead atoms. The third-order valence-corrected chi connectivity index (χ3v) is 4.84. The molecule has 3 aromatic rings. The second-order valence-electron chi connectivity index (χ2n) is 6.64. The van der Waals surface area contributed by atoms with Gasteiger partial charge in [0.1, 0.15) is 11.8 Å². The maximum Gasteiger partial charge on any atom is 0.270 e. The van der Waals surface area contributed by atoms with Gasteiger partial charge in [-0.2, -0.15) is 0 Å². The summed E-state index contributed by atoms with van der Waals surface area (Å²) in [6.45, 7) is 1.09. The number of aryl methyl sites for hydroxylation is 1. The first-order valence-electron chi connectivity index (χ1n) is 9.15. The van der Waals surface area contributed by atoms with E-state index < -0.39 is 0 Å². The lowest BCUT2D eigenvalue weighted by atomic mass is 9.97. The first kappa shape index (κ1) is 17.4. The highest BCUT2D eigenvalue weighted by Crippen LogP contribution is 2.26. The highest BCUT2D eigenvalue weighted by Gasteiger charge is 2.20. The molecule has 0 saturated carbocycles. The van der Waals surface area contributed by atoms with Crippen LogP contribution in [0.2, 0.25) is 0 Å². The smallest absolute Gasteiger partial charge is 0.270 e. The van der Waals surface area contributed by atoms with Gasteiger partial charge in [-0.05, 0) is 29.7 Å². The van der Waals surface area contributed by atoms with Crippen molar-refractivity contribution < 1.29 is 9.53 Å². The van der Waals surface area contributed by atoms with Crippen LogP contribution in [0.15, 0.2) is 53.3 Å². The van der Waals surface area contributed by atoms with Gasteiger partial charge in [-0.3, -0.25) is 9.59 Å². The molecular formula is C21H21N3O3. The van der Waals surface area contributed by atoms with E-state index in [1.165, 1.54) is 5.56 Å². The molecule has 6 nitrogen and oxygen atoms in total. The highest BCUT2D eigenvalue weighted by atomic mass is 16.5. The van der Waals surface area contributed by atoms with E-state index in [2.05, 4.69) is 21.4 Å². The molecule has 1 aliphatic heterocycles. The number of fused-ring (bicyclic) bond motifs is 2. The Labute approximate surface area is 156 Å². The quantitative estimate of drug-likeness (QED) is 0.728. The van der Waals surface area contributed by atoms with Gasteiger partial charge >= 0.3 is 0 Å². The lowest BCUT2D eigenvalue weighted by molar-refractivity contribution is -0.121. The first-order chi connectivity index (χ1) is 13.2. The molecule has 6 heteroatoms. The second kappa shape index (κ2) is 7.72. The van der Waals surface area contributed by atoms with E-state index in [-0.39, 0.29) is 24.0 Å². The van der Waals surface area contributed by atoms with Crippen molar-refractivity contribution in [1.29, 1.82) is 0 Å². The summed E-state index contributed by atoms with van der Waals surface area (Å²) in [5.41, 5.74) is 3.96. The van der Waals surface area contributed by atoms with E-state index in [0.29, 0.717) is 30.8 Å². The number of carbonyl (C=O) groups excluding carboxylic acids is 1. The predicted octanol–water partition coefficient (Wildman–Crippen LogP) is 2.29. The van der Waals surface area contributed by atoms with Gasteiger partial charge in [0.05, 0.1) is 17.6 Å². The number of benzene rings is 2. The molecule has 1 aromatic heterocycles. The summed E-state index contributed by atoms with van der Waals surface area (Å²) in [6.07, 6.45) is 1.29. The number of amides is 1. The van der Waals surface area contributed by atoms with E-state index in [1.54, 1.807) is 0 Å². The molecular weight excluding hydrogens is 342 g/mol. The van der Waals surface area contributed by atoms with Crippen LogP contribution >= 0.6 is 0 Å². The Kier molecular flexibility index (Phi) is 4.98. The number of hydrogen-bond donors (Lipinski definition) is 2. The number of hydrogen-bond acceptors (Lipinski definition) is 4. The Morgan fingerprint density at radius 1 is 1.19 bits per heavy atom. The van der Waals surface area contributed by atoms with Crippen LogP contribution in [0.5, 0.6) is 0 Å². The van der Waals surface area contributed by atoms with Gasteiger partial charge in [0.2, 0.25) is 5.91 Å². The van der Waals surface area contributed by atoms with Crippen molar-refractivity contribution in [1.82, 2.24) is 15.3 Å². The molecule has 0 saturated heterocycles. The largest absolute Gasteiger partial charge is 0.371 e. The standard InChI is InChI=1S/C21H21N3O3/c25-20(22-13-19-15-6-2-1-5-14(15)11-12-27-19)10-9-18-21(26)24-17-8-4-3-7-16(17)23-18/h1-8,19H,9-13H2,(H,22,25)(H,24,26)/t19-/m1/s1. The summed E-state index contributed by atoms with van der Waals surface area (Å²) in [7, 11) is 0. The Morgan fingerprint density at radius 3 is 2.93 bits per heavy atom. The second-order valence-corrected chi connectivity index (χ2v) is 6.64. The first-order valence-corrected chi connectivity index (χ1v) is 9.15. The average Bonchev–Trinajstić information content (AvgIpc) is 2.70. The number of nitrogens with one attached hydrogen (secondary N) is 2. The summed E-state index contributed by atoms with van der Waals surface area (Å²) in [5, 5.41) is 2.92.